The minimum absolute atomic E-state index is 0.0203. The predicted molar refractivity (Wildman–Crippen MR) is 114 cm³/mol. The lowest BCUT2D eigenvalue weighted by Crippen LogP contribution is -2.29. The number of hydrogen-bond acceptors (Lipinski definition) is 5. The average molecular weight is 413 g/mol. The molecule has 0 fully saturated rings. The molecule has 0 unspecified atom stereocenters. The Morgan fingerprint density at radius 3 is 2.43 bits per heavy atom. The second kappa shape index (κ2) is 7.97. The van der Waals surface area contributed by atoms with Crippen LogP contribution in [0.2, 0.25) is 0 Å². The Morgan fingerprint density at radius 2 is 1.80 bits per heavy atom. The summed E-state index contributed by atoms with van der Waals surface area (Å²) in [5.41, 5.74) is 3.31. The van der Waals surface area contributed by atoms with Crippen LogP contribution in [0.15, 0.2) is 26.0 Å². The normalized spacial score (nSPS) is 11.9. The first kappa shape index (κ1) is 21.6. The standard InChI is InChI=1S/C23H27NO6/c1-12-14-9-16-17(23(3,4)5)11-29-20(16)13(2)21(14)30-22(28)15(12)10-18(25)24-8-6-7-19(26)27/h9,11H,6-8,10H2,1-5H3,(H,24,25)(H,26,27). The number of rotatable bonds is 6. The highest BCUT2D eigenvalue weighted by atomic mass is 16.4. The van der Waals surface area contributed by atoms with Crippen molar-refractivity contribution < 1.29 is 23.5 Å². The van der Waals surface area contributed by atoms with E-state index in [0.29, 0.717) is 28.7 Å². The molecule has 3 rings (SSSR count). The monoisotopic (exact) mass is 413 g/mol. The summed E-state index contributed by atoms with van der Waals surface area (Å²) in [4.78, 5) is 35.4. The van der Waals surface area contributed by atoms with Gasteiger partial charge in [-0.25, -0.2) is 4.79 Å². The number of fused-ring (bicyclic) bond motifs is 2. The molecule has 0 aliphatic heterocycles. The Kier molecular flexibility index (Phi) is 5.74. The first-order valence-corrected chi connectivity index (χ1v) is 9.96. The van der Waals surface area contributed by atoms with Crippen molar-refractivity contribution in [3.63, 3.8) is 0 Å². The molecule has 0 saturated carbocycles. The van der Waals surface area contributed by atoms with Gasteiger partial charge in [0, 0.05) is 34.9 Å². The molecule has 160 valence electrons. The Hall–Kier alpha value is -3.09. The fourth-order valence-corrected chi connectivity index (χ4v) is 3.67. The Bertz CT molecular complexity index is 1190. The van der Waals surface area contributed by atoms with Crippen molar-refractivity contribution >= 4 is 33.8 Å². The van der Waals surface area contributed by atoms with Crippen molar-refractivity contribution in [3.8, 4) is 0 Å². The number of carboxylic acids is 1. The van der Waals surface area contributed by atoms with Crippen LogP contribution in [-0.4, -0.2) is 23.5 Å². The number of carboxylic acid groups (broad SMARTS) is 1. The van der Waals surface area contributed by atoms with E-state index in [-0.39, 0.29) is 30.7 Å². The van der Waals surface area contributed by atoms with E-state index in [4.69, 9.17) is 13.9 Å². The van der Waals surface area contributed by atoms with E-state index in [1.165, 1.54) is 0 Å². The fraction of sp³-hybridized carbons (Fsp3) is 0.435. The number of carbonyl (C=O) groups is 2. The maximum Gasteiger partial charge on any atom is 0.340 e. The molecule has 0 saturated heterocycles. The zero-order valence-electron chi connectivity index (χ0n) is 18.0. The van der Waals surface area contributed by atoms with Crippen molar-refractivity contribution in [2.24, 2.45) is 0 Å². The van der Waals surface area contributed by atoms with Gasteiger partial charge in [0.2, 0.25) is 5.91 Å². The van der Waals surface area contributed by atoms with Gasteiger partial charge in [0.05, 0.1) is 18.2 Å². The third-order valence-corrected chi connectivity index (χ3v) is 5.38. The van der Waals surface area contributed by atoms with Gasteiger partial charge in [0.1, 0.15) is 11.2 Å². The Labute approximate surface area is 174 Å². The van der Waals surface area contributed by atoms with Crippen LogP contribution in [0.1, 0.15) is 55.9 Å². The molecule has 0 aliphatic carbocycles. The van der Waals surface area contributed by atoms with Gasteiger partial charge in [0.25, 0.3) is 0 Å². The summed E-state index contributed by atoms with van der Waals surface area (Å²) in [5, 5.41) is 13.1. The number of nitrogens with one attached hydrogen (secondary N) is 1. The van der Waals surface area contributed by atoms with E-state index < -0.39 is 11.6 Å². The van der Waals surface area contributed by atoms with Gasteiger partial charge < -0.3 is 19.3 Å². The first-order chi connectivity index (χ1) is 14.0. The highest BCUT2D eigenvalue weighted by Gasteiger charge is 2.24. The van der Waals surface area contributed by atoms with Gasteiger partial charge in [-0.2, -0.15) is 0 Å². The predicted octanol–water partition coefficient (Wildman–Crippen LogP) is 3.98. The maximum atomic E-state index is 12.6. The zero-order chi connectivity index (χ0) is 22.2. The molecule has 2 N–H and O–H groups in total. The molecule has 7 heteroatoms. The lowest BCUT2D eigenvalue weighted by Gasteiger charge is -2.17. The van der Waals surface area contributed by atoms with Crippen LogP contribution >= 0.6 is 0 Å². The molecule has 0 bridgehead atoms. The number of carbonyl (C=O) groups excluding carboxylic acids is 1. The summed E-state index contributed by atoms with van der Waals surface area (Å²) in [6, 6.07) is 1.97. The number of benzene rings is 1. The van der Waals surface area contributed by atoms with Crippen LogP contribution in [0.5, 0.6) is 0 Å². The molecule has 0 atom stereocenters. The Morgan fingerprint density at radius 1 is 1.10 bits per heavy atom. The second-order valence-electron chi connectivity index (χ2n) is 8.67. The van der Waals surface area contributed by atoms with Gasteiger partial charge in [-0.05, 0) is 37.3 Å². The largest absolute Gasteiger partial charge is 0.481 e. The third-order valence-electron chi connectivity index (χ3n) is 5.38. The minimum atomic E-state index is -0.911. The summed E-state index contributed by atoms with van der Waals surface area (Å²) >= 11 is 0. The maximum absolute atomic E-state index is 12.6. The van der Waals surface area contributed by atoms with Crippen molar-refractivity contribution in [1.29, 1.82) is 0 Å². The van der Waals surface area contributed by atoms with Crippen molar-refractivity contribution in [2.75, 3.05) is 6.54 Å². The molecule has 2 aromatic heterocycles. The van der Waals surface area contributed by atoms with Crippen LogP contribution in [0.4, 0.5) is 0 Å². The number of amides is 1. The van der Waals surface area contributed by atoms with E-state index in [1.54, 1.807) is 6.26 Å². The van der Waals surface area contributed by atoms with Gasteiger partial charge >= 0.3 is 11.6 Å². The summed E-state index contributed by atoms with van der Waals surface area (Å²) in [6.07, 6.45) is 1.94. The summed E-state index contributed by atoms with van der Waals surface area (Å²) in [7, 11) is 0. The SMILES string of the molecule is Cc1c(CC(=O)NCCCC(=O)O)c(=O)oc2c(C)c3occ(C(C)(C)C)c3cc12. The average Bonchev–Trinajstić information content (AvgIpc) is 3.08. The van der Waals surface area contributed by atoms with E-state index >= 15 is 0 Å². The molecular weight excluding hydrogens is 386 g/mol. The van der Waals surface area contributed by atoms with E-state index in [0.717, 1.165) is 21.9 Å². The molecular formula is C23H27NO6. The van der Waals surface area contributed by atoms with Crippen LogP contribution in [0, 0.1) is 13.8 Å². The third kappa shape index (κ3) is 4.10. The molecule has 2 heterocycles. The summed E-state index contributed by atoms with van der Waals surface area (Å²) < 4.78 is 11.4. The lowest BCUT2D eigenvalue weighted by atomic mass is 9.86. The molecule has 3 aromatic rings. The van der Waals surface area contributed by atoms with E-state index in [2.05, 4.69) is 26.1 Å². The molecule has 0 aliphatic rings. The number of hydrogen-bond donors (Lipinski definition) is 2. The van der Waals surface area contributed by atoms with E-state index in [9.17, 15) is 14.4 Å². The smallest absolute Gasteiger partial charge is 0.340 e. The fourth-order valence-electron chi connectivity index (χ4n) is 3.67. The topological polar surface area (TPSA) is 110 Å². The second-order valence-corrected chi connectivity index (χ2v) is 8.67. The van der Waals surface area contributed by atoms with Crippen LogP contribution < -0.4 is 10.9 Å². The van der Waals surface area contributed by atoms with Gasteiger partial charge in [0.15, 0.2) is 0 Å². The Balaban J connectivity index is 2.01. The minimum Gasteiger partial charge on any atom is -0.481 e. The van der Waals surface area contributed by atoms with Crippen molar-refractivity contribution in [3.05, 3.63) is 45.0 Å². The summed E-state index contributed by atoms with van der Waals surface area (Å²) in [5.74, 6) is -1.25. The zero-order valence-corrected chi connectivity index (χ0v) is 18.0. The van der Waals surface area contributed by atoms with Crippen LogP contribution in [0.3, 0.4) is 0 Å². The lowest BCUT2D eigenvalue weighted by molar-refractivity contribution is -0.137. The van der Waals surface area contributed by atoms with Gasteiger partial charge in [-0.1, -0.05) is 20.8 Å². The molecule has 0 radical (unpaired) electrons. The van der Waals surface area contributed by atoms with Gasteiger partial charge in [-0.3, -0.25) is 9.59 Å². The quantitative estimate of drug-likeness (QED) is 0.467. The van der Waals surface area contributed by atoms with Crippen LogP contribution in [0.25, 0.3) is 21.9 Å². The van der Waals surface area contributed by atoms with Gasteiger partial charge in [-0.15, -0.1) is 0 Å². The molecule has 30 heavy (non-hydrogen) atoms. The van der Waals surface area contributed by atoms with Crippen molar-refractivity contribution in [1.82, 2.24) is 5.32 Å². The molecule has 1 aromatic carbocycles. The van der Waals surface area contributed by atoms with Crippen molar-refractivity contribution in [2.45, 2.75) is 59.3 Å². The number of aryl methyl sites for hydroxylation is 2. The molecule has 1 amide bonds. The molecule has 0 spiro atoms. The van der Waals surface area contributed by atoms with E-state index in [1.807, 2.05) is 19.9 Å². The highest BCUT2D eigenvalue weighted by Crippen LogP contribution is 2.37. The number of aliphatic carboxylic acids is 1. The summed E-state index contributed by atoms with van der Waals surface area (Å²) in [6.45, 7) is 10.2. The number of furan rings is 1. The highest BCUT2D eigenvalue weighted by molar-refractivity contribution is 6.00. The first-order valence-electron chi connectivity index (χ1n) is 9.96. The van der Waals surface area contributed by atoms with Crippen LogP contribution in [-0.2, 0) is 21.4 Å². The molecule has 7 nitrogen and oxygen atoms in total.